The van der Waals surface area contributed by atoms with Gasteiger partial charge in [-0.3, -0.25) is 9.59 Å². The Labute approximate surface area is 155 Å². The van der Waals surface area contributed by atoms with Crippen molar-refractivity contribution < 1.29 is 19.4 Å². The monoisotopic (exact) mass is 358 g/mol. The number of hydrogen-bond acceptors (Lipinski definition) is 4. The molecule has 1 aliphatic heterocycles. The van der Waals surface area contributed by atoms with Gasteiger partial charge in [0.2, 0.25) is 0 Å². The van der Waals surface area contributed by atoms with Gasteiger partial charge < -0.3 is 9.84 Å². The van der Waals surface area contributed by atoms with Gasteiger partial charge in [-0.25, -0.2) is 0 Å². The fraction of sp³-hybridized carbons (Fsp3) is 0.818. The van der Waals surface area contributed by atoms with Crippen molar-refractivity contribution in [3.63, 3.8) is 0 Å². The van der Waals surface area contributed by atoms with Crippen molar-refractivity contribution in [3.05, 3.63) is 11.6 Å². The smallest absolute Gasteiger partial charge is 0.306 e. The summed E-state index contributed by atoms with van der Waals surface area (Å²) in [7, 11) is 0. The lowest BCUT2D eigenvalue weighted by atomic mass is 9.45. The number of hydrogen-bond donors (Lipinski definition) is 1. The van der Waals surface area contributed by atoms with Crippen LogP contribution in [0.2, 0.25) is 0 Å². The number of aliphatic hydroxyl groups is 1. The molecule has 1 N–H and O–H groups in total. The maximum absolute atomic E-state index is 11.9. The highest BCUT2D eigenvalue weighted by Crippen LogP contribution is 2.69. The van der Waals surface area contributed by atoms with Crippen LogP contribution in [0.3, 0.4) is 0 Å². The summed E-state index contributed by atoms with van der Waals surface area (Å²) in [4.78, 5) is 23.9. The molecule has 1 saturated heterocycles. The van der Waals surface area contributed by atoms with Crippen LogP contribution in [0.1, 0.15) is 71.6 Å². The molecule has 7 atom stereocenters. The number of carbonyl (C=O) groups excluding carboxylic acids is 2. The first kappa shape index (κ1) is 17.0. The Hall–Kier alpha value is -1.16. The first-order chi connectivity index (χ1) is 12.3. The van der Waals surface area contributed by atoms with Crippen molar-refractivity contribution in [2.45, 2.75) is 83.3 Å². The molecule has 0 aromatic carbocycles. The van der Waals surface area contributed by atoms with Crippen molar-refractivity contribution in [1.82, 2.24) is 0 Å². The SMILES string of the molecule is C[C@]12CCC(=O)C=C1CC[C@@H]1[C@@H]2[C@@H](O)C[C@@]2(C)[C@H]1CCC21CCC(=O)O1. The molecule has 4 aliphatic carbocycles. The molecule has 0 radical (unpaired) electrons. The van der Waals surface area contributed by atoms with Gasteiger partial charge >= 0.3 is 5.97 Å². The van der Waals surface area contributed by atoms with Crippen LogP contribution in [-0.4, -0.2) is 28.6 Å². The maximum atomic E-state index is 11.9. The number of ketones is 1. The fourth-order valence-electron chi connectivity index (χ4n) is 7.97. The van der Waals surface area contributed by atoms with E-state index in [4.69, 9.17) is 4.74 Å². The van der Waals surface area contributed by atoms with Crippen LogP contribution in [0.15, 0.2) is 11.6 Å². The molecule has 0 bridgehead atoms. The zero-order valence-corrected chi connectivity index (χ0v) is 15.9. The average molecular weight is 358 g/mol. The standard InChI is InChI=1S/C22H30O4/c1-20-8-5-14(23)11-13(20)3-4-15-16-6-9-22(10-7-18(25)26-22)21(16,2)12-17(24)19(15)20/h11,15-17,19,24H,3-10,12H2,1-2H3/t15-,16-,17-,19+,20-,21-,22?/m0/s1. The zero-order chi connectivity index (χ0) is 18.3. The maximum Gasteiger partial charge on any atom is 0.306 e. The molecule has 4 fully saturated rings. The highest BCUT2D eigenvalue weighted by Gasteiger charge is 2.68. The molecule has 1 unspecified atom stereocenters. The van der Waals surface area contributed by atoms with E-state index in [1.807, 2.05) is 6.08 Å². The van der Waals surface area contributed by atoms with Crippen molar-refractivity contribution in [2.75, 3.05) is 0 Å². The summed E-state index contributed by atoms with van der Waals surface area (Å²) >= 11 is 0. The highest BCUT2D eigenvalue weighted by atomic mass is 16.6. The summed E-state index contributed by atoms with van der Waals surface area (Å²) in [5, 5.41) is 11.3. The summed E-state index contributed by atoms with van der Waals surface area (Å²) in [6.07, 6.45) is 9.16. The van der Waals surface area contributed by atoms with Crippen LogP contribution < -0.4 is 0 Å². The fourth-order valence-corrected chi connectivity index (χ4v) is 7.97. The third-order valence-corrected chi connectivity index (χ3v) is 9.23. The Kier molecular flexibility index (Phi) is 3.40. The number of rotatable bonds is 0. The molecular formula is C22H30O4. The molecule has 4 heteroatoms. The third kappa shape index (κ3) is 1.95. The van der Waals surface area contributed by atoms with Gasteiger partial charge in [0, 0.05) is 18.3 Å². The molecule has 1 heterocycles. The predicted molar refractivity (Wildman–Crippen MR) is 96.2 cm³/mol. The summed E-state index contributed by atoms with van der Waals surface area (Å²) < 4.78 is 5.95. The van der Waals surface area contributed by atoms with Crippen molar-refractivity contribution in [1.29, 1.82) is 0 Å². The van der Waals surface area contributed by atoms with E-state index in [1.165, 1.54) is 5.57 Å². The van der Waals surface area contributed by atoms with Crippen LogP contribution in [0.4, 0.5) is 0 Å². The quantitative estimate of drug-likeness (QED) is 0.673. The van der Waals surface area contributed by atoms with Gasteiger partial charge in [0.1, 0.15) is 5.60 Å². The number of fused-ring (bicyclic) bond motifs is 6. The molecule has 0 aromatic heterocycles. The molecule has 3 saturated carbocycles. The van der Waals surface area contributed by atoms with Gasteiger partial charge in [0.15, 0.2) is 5.78 Å². The summed E-state index contributed by atoms with van der Waals surface area (Å²) in [6, 6.07) is 0. The van der Waals surface area contributed by atoms with Gasteiger partial charge in [0.05, 0.1) is 6.10 Å². The Balaban J connectivity index is 1.53. The molecule has 0 aromatic rings. The minimum absolute atomic E-state index is 0.0420. The lowest BCUT2D eigenvalue weighted by Gasteiger charge is -2.60. The number of aliphatic hydroxyl groups excluding tert-OH is 1. The Morgan fingerprint density at radius 3 is 2.62 bits per heavy atom. The van der Waals surface area contributed by atoms with Crippen molar-refractivity contribution in [3.8, 4) is 0 Å². The number of carbonyl (C=O) groups is 2. The van der Waals surface area contributed by atoms with E-state index in [0.29, 0.717) is 24.7 Å². The molecule has 142 valence electrons. The van der Waals surface area contributed by atoms with Crippen molar-refractivity contribution in [2.24, 2.45) is 28.6 Å². The second kappa shape index (κ2) is 5.21. The van der Waals surface area contributed by atoms with E-state index in [1.54, 1.807) is 0 Å². The number of allylic oxidation sites excluding steroid dienone is 1. The lowest BCUT2D eigenvalue weighted by molar-refractivity contribution is -0.184. The van der Waals surface area contributed by atoms with E-state index >= 15 is 0 Å². The molecule has 4 nitrogen and oxygen atoms in total. The van der Waals surface area contributed by atoms with E-state index in [9.17, 15) is 14.7 Å². The third-order valence-electron chi connectivity index (χ3n) is 9.23. The molecule has 5 rings (SSSR count). The number of ether oxygens (including phenoxy) is 1. The van der Waals surface area contributed by atoms with Crippen LogP contribution in [0.25, 0.3) is 0 Å². The zero-order valence-electron chi connectivity index (χ0n) is 15.9. The Bertz CT molecular complexity index is 711. The molecule has 1 spiro atoms. The van der Waals surface area contributed by atoms with Crippen LogP contribution in [0, 0.1) is 28.6 Å². The largest absolute Gasteiger partial charge is 0.458 e. The first-order valence-corrected chi connectivity index (χ1v) is 10.4. The molecule has 26 heavy (non-hydrogen) atoms. The van der Waals surface area contributed by atoms with Gasteiger partial charge in [-0.15, -0.1) is 0 Å². The second-order valence-electron chi connectivity index (χ2n) is 10.1. The van der Waals surface area contributed by atoms with Gasteiger partial charge in [0.25, 0.3) is 0 Å². The topological polar surface area (TPSA) is 63.6 Å². The summed E-state index contributed by atoms with van der Waals surface area (Å²) in [5.41, 5.74) is 0.777. The minimum Gasteiger partial charge on any atom is -0.458 e. The normalized spacial score (nSPS) is 53.0. The van der Waals surface area contributed by atoms with Crippen LogP contribution in [0.5, 0.6) is 0 Å². The van der Waals surface area contributed by atoms with Crippen molar-refractivity contribution >= 4 is 11.8 Å². The van der Waals surface area contributed by atoms with E-state index in [2.05, 4.69) is 13.8 Å². The Morgan fingerprint density at radius 2 is 1.88 bits per heavy atom. The van der Waals surface area contributed by atoms with Crippen LogP contribution >= 0.6 is 0 Å². The molecular weight excluding hydrogens is 328 g/mol. The van der Waals surface area contributed by atoms with Gasteiger partial charge in [-0.05, 0) is 74.2 Å². The van der Waals surface area contributed by atoms with Gasteiger partial charge in [-0.2, -0.15) is 0 Å². The molecule has 0 amide bonds. The second-order valence-corrected chi connectivity index (χ2v) is 10.1. The average Bonchev–Trinajstić information content (AvgIpc) is 3.09. The first-order valence-electron chi connectivity index (χ1n) is 10.4. The highest BCUT2D eigenvalue weighted by molar-refractivity contribution is 5.91. The molecule has 5 aliphatic rings. The lowest BCUT2D eigenvalue weighted by Crippen LogP contribution is -2.59. The van der Waals surface area contributed by atoms with E-state index < -0.39 is 0 Å². The van der Waals surface area contributed by atoms with E-state index in [0.717, 1.165) is 44.9 Å². The summed E-state index contributed by atoms with van der Waals surface area (Å²) in [5.74, 6) is 1.41. The van der Waals surface area contributed by atoms with Gasteiger partial charge in [-0.1, -0.05) is 19.4 Å². The number of esters is 1. The minimum atomic E-state index is -0.377. The predicted octanol–water partition coefficient (Wildman–Crippen LogP) is 3.56. The van der Waals surface area contributed by atoms with E-state index in [-0.39, 0.29) is 40.2 Å². The summed E-state index contributed by atoms with van der Waals surface area (Å²) in [6.45, 7) is 4.56. The Morgan fingerprint density at radius 1 is 1.08 bits per heavy atom. The van der Waals surface area contributed by atoms with Crippen LogP contribution in [-0.2, 0) is 14.3 Å².